The largest absolute Gasteiger partial charge is 0.496 e. The number of halogens is 1. The second-order valence-corrected chi connectivity index (χ2v) is 4.52. The quantitative estimate of drug-likeness (QED) is 0.939. The lowest BCUT2D eigenvalue weighted by molar-refractivity contribution is 0.102. The van der Waals surface area contributed by atoms with Gasteiger partial charge in [-0.05, 0) is 46.3 Å². The zero-order valence-corrected chi connectivity index (χ0v) is 11.4. The molecule has 0 saturated heterocycles. The van der Waals surface area contributed by atoms with Crippen molar-refractivity contribution >= 4 is 27.5 Å². The summed E-state index contributed by atoms with van der Waals surface area (Å²) >= 11 is 3.38. The molecule has 0 heterocycles. The molecule has 18 heavy (non-hydrogen) atoms. The van der Waals surface area contributed by atoms with Crippen LogP contribution in [0.2, 0.25) is 0 Å². The molecule has 0 unspecified atom stereocenters. The fraction of sp³-hybridized carbons (Fsp3) is 0.0714. The summed E-state index contributed by atoms with van der Waals surface area (Å²) in [4.78, 5) is 11.9. The Balaban J connectivity index is 2.15. The first-order chi connectivity index (χ1) is 8.70. The van der Waals surface area contributed by atoms with Gasteiger partial charge in [0.2, 0.25) is 0 Å². The number of amides is 1. The highest BCUT2D eigenvalue weighted by molar-refractivity contribution is 9.10. The average molecular weight is 306 g/mol. The highest BCUT2D eigenvalue weighted by Crippen LogP contribution is 2.27. The van der Waals surface area contributed by atoms with Crippen molar-refractivity contribution in [2.24, 2.45) is 0 Å². The van der Waals surface area contributed by atoms with Crippen molar-refractivity contribution in [1.82, 2.24) is 0 Å². The summed E-state index contributed by atoms with van der Waals surface area (Å²) in [5.74, 6) is 0.598. The van der Waals surface area contributed by atoms with Crippen LogP contribution in [0.4, 0.5) is 5.69 Å². The lowest BCUT2D eigenvalue weighted by atomic mass is 10.2. The van der Waals surface area contributed by atoms with Gasteiger partial charge >= 0.3 is 0 Å². The SMILES string of the molecule is COc1ccc(NC(=O)c2ccccc2)cc1Br. The first kappa shape index (κ1) is 12.6. The lowest BCUT2D eigenvalue weighted by Crippen LogP contribution is -2.11. The minimum absolute atomic E-state index is 0.132. The molecular formula is C14H12BrNO2. The topological polar surface area (TPSA) is 38.3 Å². The Morgan fingerprint density at radius 3 is 2.50 bits per heavy atom. The molecule has 2 aromatic carbocycles. The summed E-state index contributed by atoms with van der Waals surface area (Å²) in [6.07, 6.45) is 0. The van der Waals surface area contributed by atoms with Crippen LogP contribution < -0.4 is 10.1 Å². The Kier molecular flexibility index (Phi) is 3.99. The maximum absolute atomic E-state index is 11.9. The molecule has 0 aromatic heterocycles. The number of anilines is 1. The minimum atomic E-state index is -0.132. The highest BCUT2D eigenvalue weighted by Gasteiger charge is 2.06. The molecular weight excluding hydrogens is 294 g/mol. The number of methoxy groups -OCH3 is 1. The molecule has 1 N–H and O–H groups in total. The third-order valence-electron chi connectivity index (χ3n) is 2.45. The lowest BCUT2D eigenvalue weighted by Gasteiger charge is -2.08. The van der Waals surface area contributed by atoms with Crippen LogP contribution in [0.3, 0.4) is 0 Å². The number of ether oxygens (including phenoxy) is 1. The Hall–Kier alpha value is -1.81. The van der Waals surface area contributed by atoms with Gasteiger partial charge in [-0.2, -0.15) is 0 Å². The van der Waals surface area contributed by atoms with Crippen molar-refractivity contribution in [3.8, 4) is 5.75 Å². The molecule has 3 nitrogen and oxygen atoms in total. The van der Waals surface area contributed by atoms with Crippen molar-refractivity contribution in [3.63, 3.8) is 0 Å². The predicted octanol–water partition coefficient (Wildman–Crippen LogP) is 3.71. The zero-order chi connectivity index (χ0) is 13.0. The number of carbonyl (C=O) groups is 1. The molecule has 2 rings (SSSR count). The van der Waals surface area contributed by atoms with E-state index in [1.165, 1.54) is 0 Å². The van der Waals surface area contributed by atoms with E-state index in [0.29, 0.717) is 5.56 Å². The zero-order valence-electron chi connectivity index (χ0n) is 9.81. The summed E-state index contributed by atoms with van der Waals surface area (Å²) in [7, 11) is 1.60. The number of hydrogen-bond acceptors (Lipinski definition) is 2. The van der Waals surface area contributed by atoms with Crippen LogP contribution in [-0.4, -0.2) is 13.0 Å². The van der Waals surface area contributed by atoms with Gasteiger partial charge in [0.05, 0.1) is 11.6 Å². The van der Waals surface area contributed by atoms with Gasteiger partial charge in [-0.3, -0.25) is 4.79 Å². The third-order valence-corrected chi connectivity index (χ3v) is 3.07. The van der Waals surface area contributed by atoms with E-state index in [2.05, 4.69) is 21.2 Å². The third kappa shape index (κ3) is 2.90. The summed E-state index contributed by atoms with van der Waals surface area (Å²) in [5, 5.41) is 2.83. The van der Waals surface area contributed by atoms with Gasteiger partial charge in [0.25, 0.3) is 5.91 Å². The van der Waals surface area contributed by atoms with E-state index in [4.69, 9.17) is 4.74 Å². The van der Waals surface area contributed by atoms with E-state index < -0.39 is 0 Å². The summed E-state index contributed by atoms with van der Waals surface area (Å²) in [5.41, 5.74) is 1.35. The van der Waals surface area contributed by atoms with Gasteiger partial charge in [0, 0.05) is 11.3 Å². The van der Waals surface area contributed by atoms with Gasteiger partial charge in [0.1, 0.15) is 5.75 Å². The number of rotatable bonds is 3. The van der Waals surface area contributed by atoms with Crippen LogP contribution in [0.25, 0.3) is 0 Å². The summed E-state index contributed by atoms with van der Waals surface area (Å²) in [6, 6.07) is 14.5. The van der Waals surface area contributed by atoms with Crippen LogP contribution in [0.15, 0.2) is 53.0 Å². The molecule has 92 valence electrons. The molecule has 0 radical (unpaired) electrons. The van der Waals surface area contributed by atoms with Crippen molar-refractivity contribution in [2.45, 2.75) is 0 Å². The maximum Gasteiger partial charge on any atom is 0.255 e. The number of carbonyl (C=O) groups excluding carboxylic acids is 1. The Morgan fingerprint density at radius 2 is 1.89 bits per heavy atom. The van der Waals surface area contributed by atoms with E-state index in [1.54, 1.807) is 37.4 Å². The molecule has 0 saturated carbocycles. The van der Waals surface area contributed by atoms with Crippen molar-refractivity contribution in [1.29, 1.82) is 0 Å². The molecule has 4 heteroatoms. The number of nitrogens with one attached hydrogen (secondary N) is 1. The van der Waals surface area contributed by atoms with E-state index in [-0.39, 0.29) is 5.91 Å². The predicted molar refractivity (Wildman–Crippen MR) is 75.1 cm³/mol. The number of benzene rings is 2. The number of hydrogen-bond donors (Lipinski definition) is 1. The van der Waals surface area contributed by atoms with E-state index >= 15 is 0 Å². The Labute approximate surface area is 114 Å². The van der Waals surface area contributed by atoms with Crippen molar-refractivity contribution in [3.05, 3.63) is 58.6 Å². The van der Waals surface area contributed by atoms with Gasteiger partial charge in [-0.15, -0.1) is 0 Å². The van der Waals surface area contributed by atoms with E-state index in [0.717, 1.165) is 15.9 Å². The monoisotopic (exact) mass is 305 g/mol. The van der Waals surface area contributed by atoms with Crippen LogP contribution >= 0.6 is 15.9 Å². The van der Waals surface area contributed by atoms with E-state index in [9.17, 15) is 4.79 Å². The molecule has 0 spiro atoms. The summed E-state index contributed by atoms with van der Waals surface area (Å²) < 4.78 is 5.93. The molecule has 0 bridgehead atoms. The van der Waals surface area contributed by atoms with E-state index in [1.807, 2.05) is 18.2 Å². The molecule has 0 aliphatic carbocycles. The molecule has 1 amide bonds. The smallest absolute Gasteiger partial charge is 0.255 e. The molecule has 0 atom stereocenters. The molecule has 2 aromatic rings. The van der Waals surface area contributed by atoms with Crippen LogP contribution in [0.1, 0.15) is 10.4 Å². The second kappa shape index (κ2) is 5.69. The average Bonchev–Trinajstić information content (AvgIpc) is 2.40. The molecule has 0 aliphatic rings. The van der Waals surface area contributed by atoms with Gasteiger partial charge in [0.15, 0.2) is 0 Å². The molecule has 0 fully saturated rings. The van der Waals surface area contributed by atoms with Crippen molar-refractivity contribution < 1.29 is 9.53 Å². The first-order valence-corrected chi connectivity index (χ1v) is 6.20. The van der Waals surface area contributed by atoms with Crippen LogP contribution in [-0.2, 0) is 0 Å². The fourth-order valence-corrected chi connectivity index (χ4v) is 2.08. The van der Waals surface area contributed by atoms with Crippen molar-refractivity contribution in [2.75, 3.05) is 12.4 Å². The standard InChI is InChI=1S/C14H12BrNO2/c1-18-13-8-7-11(9-12(13)15)16-14(17)10-5-3-2-4-6-10/h2-9H,1H3,(H,16,17). The Bertz CT molecular complexity index is 555. The molecule has 0 aliphatic heterocycles. The summed E-state index contributed by atoms with van der Waals surface area (Å²) in [6.45, 7) is 0. The first-order valence-electron chi connectivity index (χ1n) is 5.40. The van der Waals surface area contributed by atoms with Gasteiger partial charge in [-0.1, -0.05) is 18.2 Å². The van der Waals surface area contributed by atoms with Crippen LogP contribution in [0, 0.1) is 0 Å². The second-order valence-electron chi connectivity index (χ2n) is 3.67. The normalized spacial score (nSPS) is 9.89. The maximum atomic E-state index is 11.9. The van der Waals surface area contributed by atoms with Crippen LogP contribution in [0.5, 0.6) is 5.75 Å². The fourth-order valence-electron chi connectivity index (χ4n) is 1.54. The van der Waals surface area contributed by atoms with Gasteiger partial charge in [-0.25, -0.2) is 0 Å². The minimum Gasteiger partial charge on any atom is -0.496 e. The highest BCUT2D eigenvalue weighted by atomic mass is 79.9. The van der Waals surface area contributed by atoms with Gasteiger partial charge < -0.3 is 10.1 Å². The Morgan fingerprint density at radius 1 is 1.17 bits per heavy atom.